The summed E-state index contributed by atoms with van der Waals surface area (Å²) in [5.74, 6) is -0.0747. The van der Waals surface area contributed by atoms with Crippen molar-refractivity contribution in [3.8, 4) is 0 Å². The van der Waals surface area contributed by atoms with Crippen LogP contribution >= 0.6 is 0 Å². The fourth-order valence-electron chi connectivity index (χ4n) is 2.83. The number of hydrogen-bond acceptors (Lipinski definition) is 2. The minimum absolute atomic E-state index is 0.0747. The number of rotatable bonds is 3. The highest BCUT2D eigenvalue weighted by molar-refractivity contribution is 5.82. The van der Waals surface area contributed by atoms with Crippen LogP contribution in [0, 0.1) is 0 Å². The van der Waals surface area contributed by atoms with Crippen LogP contribution in [-0.2, 0) is 11.3 Å². The molecule has 2 aromatic rings. The van der Waals surface area contributed by atoms with E-state index in [1.807, 2.05) is 24.3 Å². The maximum absolute atomic E-state index is 12.0. The van der Waals surface area contributed by atoms with Gasteiger partial charge in [-0.05, 0) is 23.6 Å². The molecule has 0 unspecified atom stereocenters. The predicted molar refractivity (Wildman–Crippen MR) is 78.6 cm³/mol. The lowest BCUT2D eigenvalue weighted by Gasteiger charge is -2.13. The molecule has 0 saturated heterocycles. The molecule has 1 aliphatic carbocycles. The van der Waals surface area contributed by atoms with Gasteiger partial charge in [-0.2, -0.15) is 0 Å². The molecule has 1 fully saturated rings. The van der Waals surface area contributed by atoms with Crippen molar-refractivity contribution in [1.29, 1.82) is 0 Å². The molecule has 1 aliphatic rings. The zero-order chi connectivity index (χ0) is 13.9. The number of aromatic nitrogens is 1. The Kier molecular flexibility index (Phi) is 3.54. The molecule has 4 heteroatoms. The Morgan fingerprint density at radius 3 is 2.65 bits per heavy atom. The Morgan fingerprint density at radius 1 is 1.20 bits per heavy atom. The van der Waals surface area contributed by atoms with E-state index in [-0.39, 0.29) is 18.0 Å². The maximum Gasteiger partial charge on any atom is 0.251 e. The molecule has 0 aliphatic heterocycles. The number of nitrogens with one attached hydrogen (secondary N) is 1. The van der Waals surface area contributed by atoms with Crippen molar-refractivity contribution >= 4 is 16.7 Å². The second kappa shape index (κ2) is 5.49. The first-order chi connectivity index (χ1) is 9.72. The summed E-state index contributed by atoms with van der Waals surface area (Å²) in [6, 6.07) is 9.55. The van der Waals surface area contributed by atoms with E-state index in [2.05, 4.69) is 5.32 Å². The molecular formula is C16H18N2O2. The standard InChI is InChI=1S/C16H18N2O2/c19-15(17-14-7-3-4-8-14)11-18-10-13-6-2-1-5-12(13)9-16(18)20/h1-2,5-6,9-10,14H,3-4,7-8,11H2,(H,17,19). The highest BCUT2D eigenvalue weighted by Crippen LogP contribution is 2.17. The molecule has 0 bridgehead atoms. The summed E-state index contributed by atoms with van der Waals surface area (Å²) in [4.78, 5) is 24.0. The Hall–Kier alpha value is -2.10. The van der Waals surface area contributed by atoms with Crippen molar-refractivity contribution < 1.29 is 4.79 Å². The van der Waals surface area contributed by atoms with Crippen LogP contribution in [0.25, 0.3) is 10.8 Å². The lowest BCUT2D eigenvalue weighted by molar-refractivity contribution is -0.122. The molecule has 1 aromatic carbocycles. The SMILES string of the molecule is O=C(Cn1cc2ccccc2cc1=O)NC1CCCC1. The first-order valence-electron chi connectivity index (χ1n) is 7.11. The van der Waals surface area contributed by atoms with Gasteiger partial charge in [-0.25, -0.2) is 0 Å². The Labute approximate surface area is 117 Å². The minimum Gasteiger partial charge on any atom is -0.352 e. The third kappa shape index (κ3) is 2.74. The van der Waals surface area contributed by atoms with Crippen LogP contribution in [0.1, 0.15) is 25.7 Å². The number of amides is 1. The van der Waals surface area contributed by atoms with E-state index in [1.165, 1.54) is 17.4 Å². The van der Waals surface area contributed by atoms with Crippen molar-refractivity contribution in [2.45, 2.75) is 38.3 Å². The summed E-state index contributed by atoms with van der Waals surface area (Å²) < 4.78 is 1.48. The monoisotopic (exact) mass is 270 g/mol. The number of benzene rings is 1. The highest BCUT2D eigenvalue weighted by Gasteiger charge is 2.17. The zero-order valence-corrected chi connectivity index (χ0v) is 11.3. The number of fused-ring (bicyclic) bond motifs is 1. The molecule has 0 spiro atoms. The molecule has 3 rings (SSSR count). The molecule has 20 heavy (non-hydrogen) atoms. The summed E-state index contributed by atoms with van der Waals surface area (Å²) >= 11 is 0. The minimum atomic E-state index is -0.134. The lowest BCUT2D eigenvalue weighted by atomic mass is 10.2. The number of nitrogens with zero attached hydrogens (tertiary/aromatic N) is 1. The van der Waals surface area contributed by atoms with Gasteiger partial charge in [-0.15, -0.1) is 0 Å². The van der Waals surface area contributed by atoms with E-state index in [0.717, 1.165) is 23.6 Å². The number of hydrogen-bond donors (Lipinski definition) is 1. The van der Waals surface area contributed by atoms with Crippen molar-refractivity contribution in [2.24, 2.45) is 0 Å². The molecular weight excluding hydrogens is 252 g/mol. The fraction of sp³-hybridized carbons (Fsp3) is 0.375. The third-order valence-electron chi connectivity index (χ3n) is 3.89. The molecule has 104 valence electrons. The number of carbonyl (C=O) groups is 1. The van der Waals surface area contributed by atoms with E-state index >= 15 is 0 Å². The van der Waals surface area contributed by atoms with Crippen molar-refractivity contribution in [3.05, 3.63) is 46.9 Å². The Morgan fingerprint density at radius 2 is 1.90 bits per heavy atom. The average molecular weight is 270 g/mol. The van der Waals surface area contributed by atoms with Gasteiger partial charge in [0.1, 0.15) is 6.54 Å². The zero-order valence-electron chi connectivity index (χ0n) is 11.3. The van der Waals surface area contributed by atoms with Crippen LogP contribution in [0.5, 0.6) is 0 Å². The summed E-state index contributed by atoms with van der Waals surface area (Å²) in [5, 5.41) is 4.88. The maximum atomic E-state index is 12.0. The first kappa shape index (κ1) is 12.9. The average Bonchev–Trinajstić information content (AvgIpc) is 2.92. The molecule has 0 atom stereocenters. The van der Waals surface area contributed by atoms with Gasteiger partial charge in [-0.1, -0.05) is 37.1 Å². The van der Waals surface area contributed by atoms with Crippen LogP contribution in [0.4, 0.5) is 0 Å². The van der Waals surface area contributed by atoms with Crippen molar-refractivity contribution in [1.82, 2.24) is 9.88 Å². The van der Waals surface area contributed by atoms with Crippen molar-refractivity contribution in [2.75, 3.05) is 0 Å². The van der Waals surface area contributed by atoms with Gasteiger partial charge in [0.2, 0.25) is 5.91 Å². The van der Waals surface area contributed by atoms with Crippen LogP contribution in [0.2, 0.25) is 0 Å². The Balaban J connectivity index is 1.77. The normalized spacial score (nSPS) is 15.6. The first-order valence-corrected chi connectivity index (χ1v) is 7.11. The van der Waals surface area contributed by atoms with E-state index in [9.17, 15) is 9.59 Å². The van der Waals surface area contributed by atoms with Crippen LogP contribution in [-0.4, -0.2) is 16.5 Å². The molecule has 1 aromatic heterocycles. The van der Waals surface area contributed by atoms with Gasteiger partial charge >= 0.3 is 0 Å². The van der Waals surface area contributed by atoms with Crippen LogP contribution in [0.15, 0.2) is 41.3 Å². The third-order valence-corrected chi connectivity index (χ3v) is 3.89. The summed E-state index contributed by atoms with van der Waals surface area (Å²) in [5.41, 5.74) is -0.134. The van der Waals surface area contributed by atoms with E-state index in [0.29, 0.717) is 6.04 Å². The summed E-state index contributed by atoms with van der Waals surface area (Å²) in [6.07, 6.45) is 6.23. The molecule has 0 radical (unpaired) electrons. The highest BCUT2D eigenvalue weighted by atomic mass is 16.2. The quantitative estimate of drug-likeness (QED) is 0.928. The molecule has 1 N–H and O–H groups in total. The molecule has 1 saturated carbocycles. The van der Waals surface area contributed by atoms with E-state index in [4.69, 9.17) is 0 Å². The lowest BCUT2D eigenvalue weighted by Crippen LogP contribution is -2.37. The van der Waals surface area contributed by atoms with Gasteiger partial charge in [0.15, 0.2) is 0 Å². The predicted octanol–water partition coefficient (Wildman–Crippen LogP) is 2.06. The van der Waals surface area contributed by atoms with Crippen molar-refractivity contribution in [3.63, 3.8) is 0 Å². The van der Waals surface area contributed by atoms with Crippen LogP contribution < -0.4 is 10.9 Å². The van der Waals surface area contributed by atoms with Gasteiger partial charge in [-0.3, -0.25) is 9.59 Å². The summed E-state index contributed by atoms with van der Waals surface area (Å²) in [7, 11) is 0. The van der Waals surface area contributed by atoms with Gasteiger partial charge in [0.05, 0.1) is 0 Å². The largest absolute Gasteiger partial charge is 0.352 e. The van der Waals surface area contributed by atoms with Crippen LogP contribution in [0.3, 0.4) is 0 Å². The van der Waals surface area contributed by atoms with E-state index < -0.39 is 0 Å². The smallest absolute Gasteiger partial charge is 0.251 e. The van der Waals surface area contributed by atoms with E-state index in [1.54, 1.807) is 12.3 Å². The summed E-state index contributed by atoms with van der Waals surface area (Å²) in [6.45, 7) is 0.0974. The molecule has 1 amide bonds. The topological polar surface area (TPSA) is 51.1 Å². The Bertz CT molecular complexity index is 684. The van der Waals surface area contributed by atoms with Gasteiger partial charge in [0, 0.05) is 18.3 Å². The number of carbonyl (C=O) groups excluding carboxylic acids is 1. The molecule has 4 nitrogen and oxygen atoms in total. The second-order valence-corrected chi connectivity index (χ2v) is 5.42. The number of pyridine rings is 1. The van der Waals surface area contributed by atoms with Gasteiger partial charge in [0.25, 0.3) is 5.56 Å². The fourth-order valence-corrected chi connectivity index (χ4v) is 2.83. The van der Waals surface area contributed by atoms with Gasteiger partial charge < -0.3 is 9.88 Å². The molecule has 1 heterocycles. The second-order valence-electron chi connectivity index (χ2n) is 5.42.